The zero-order chi connectivity index (χ0) is 14.2. The van der Waals surface area contributed by atoms with Crippen molar-refractivity contribution in [3.8, 4) is 0 Å². The lowest BCUT2D eigenvalue weighted by Crippen LogP contribution is -2.05. The zero-order valence-corrected chi connectivity index (χ0v) is 12.8. The molecule has 0 spiro atoms. The fraction of sp³-hybridized carbons (Fsp3) is 0.250. The van der Waals surface area contributed by atoms with Crippen LogP contribution in [0.25, 0.3) is 0 Å². The Kier molecular flexibility index (Phi) is 4.07. The monoisotopic (exact) mass is 322 g/mol. The summed E-state index contributed by atoms with van der Waals surface area (Å²) >= 11 is 3.15. The molecule has 1 nitrogen and oxygen atoms in total. The van der Waals surface area contributed by atoms with Crippen molar-refractivity contribution in [2.75, 3.05) is 0 Å². The molecule has 0 amide bonds. The van der Waals surface area contributed by atoms with Crippen molar-refractivity contribution < 1.29 is 9.50 Å². The fourth-order valence-electron chi connectivity index (χ4n) is 2.47. The molecule has 1 N–H and O–H groups in total. The van der Waals surface area contributed by atoms with E-state index in [0.717, 1.165) is 16.7 Å². The van der Waals surface area contributed by atoms with Gasteiger partial charge in [-0.15, -0.1) is 0 Å². The Morgan fingerprint density at radius 3 is 2.16 bits per heavy atom. The van der Waals surface area contributed by atoms with Gasteiger partial charge in [0.1, 0.15) is 11.9 Å². The molecule has 0 radical (unpaired) electrons. The van der Waals surface area contributed by atoms with Gasteiger partial charge in [-0.3, -0.25) is 0 Å². The average molecular weight is 323 g/mol. The van der Waals surface area contributed by atoms with Crippen LogP contribution in [-0.4, -0.2) is 5.11 Å². The van der Waals surface area contributed by atoms with Gasteiger partial charge in [-0.05, 0) is 71.1 Å². The molecule has 1 unspecified atom stereocenters. The van der Waals surface area contributed by atoms with Gasteiger partial charge in [0.05, 0.1) is 4.47 Å². The van der Waals surface area contributed by atoms with E-state index in [1.807, 2.05) is 32.9 Å². The molecule has 0 aliphatic carbocycles. The minimum atomic E-state index is -0.738. The number of benzene rings is 2. The van der Waals surface area contributed by atoms with Crippen LogP contribution in [0.2, 0.25) is 0 Å². The summed E-state index contributed by atoms with van der Waals surface area (Å²) in [5.41, 5.74) is 4.84. The highest BCUT2D eigenvalue weighted by atomic mass is 79.9. The van der Waals surface area contributed by atoms with Gasteiger partial charge in [0.15, 0.2) is 0 Å². The molecule has 0 saturated carbocycles. The smallest absolute Gasteiger partial charge is 0.137 e. The van der Waals surface area contributed by atoms with E-state index >= 15 is 0 Å². The highest BCUT2D eigenvalue weighted by Crippen LogP contribution is 2.30. The van der Waals surface area contributed by atoms with E-state index in [-0.39, 0.29) is 5.82 Å². The maximum absolute atomic E-state index is 13.2. The lowest BCUT2D eigenvalue weighted by molar-refractivity contribution is 0.218. The Labute approximate surface area is 121 Å². The summed E-state index contributed by atoms with van der Waals surface area (Å²) in [5, 5.41) is 10.5. The molecule has 0 aliphatic heterocycles. The maximum Gasteiger partial charge on any atom is 0.137 e. The molecule has 19 heavy (non-hydrogen) atoms. The van der Waals surface area contributed by atoms with E-state index in [0.29, 0.717) is 10.0 Å². The van der Waals surface area contributed by atoms with Gasteiger partial charge in [-0.2, -0.15) is 0 Å². The van der Waals surface area contributed by atoms with Crippen LogP contribution in [0.15, 0.2) is 34.8 Å². The molecule has 2 aromatic carbocycles. The fourth-order valence-corrected chi connectivity index (χ4v) is 2.87. The Morgan fingerprint density at radius 1 is 1.05 bits per heavy atom. The largest absolute Gasteiger partial charge is 0.384 e. The molecule has 0 fully saturated rings. The summed E-state index contributed by atoms with van der Waals surface area (Å²) in [6, 6.07) is 8.69. The lowest BCUT2D eigenvalue weighted by atomic mass is 9.92. The molecule has 0 bridgehead atoms. The van der Waals surface area contributed by atoms with Crippen molar-refractivity contribution in [2.45, 2.75) is 26.9 Å². The predicted octanol–water partition coefficient (Wildman–Crippen LogP) is 4.60. The van der Waals surface area contributed by atoms with Crippen molar-refractivity contribution in [2.24, 2.45) is 0 Å². The number of aryl methyl sites for hydroxylation is 3. The average Bonchev–Trinajstić information content (AvgIpc) is 2.31. The van der Waals surface area contributed by atoms with Crippen molar-refractivity contribution in [1.29, 1.82) is 0 Å². The Morgan fingerprint density at radius 2 is 1.63 bits per heavy atom. The quantitative estimate of drug-likeness (QED) is 0.857. The highest BCUT2D eigenvalue weighted by Gasteiger charge is 2.16. The first-order chi connectivity index (χ1) is 8.90. The molecule has 100 valence electrons. The van der Waals surface area contributed by atoms with Gasteiger partial charge < -0.3 is 5.11 Å². The van der Waals surface area contributed by atoms with E-state index in [4.69, 9.17) is 0 Å². The summed E-state index contributed by atoms with van der Waals surface area (Å²) in [5.74, 6) is -0.326. The molecular formula is C16H16BrFO. The molecule has 0 heterocycles. The minimum absolute atomic E-state index is 0.326. The number of aliphatic hydroxyl groups is 1. The first kappa shape index (κ1) is 14.2. The van der Waals surface area contributed by atoms with Crippen molar-refractivity contribution in [3.63, 3.8) is 0 Å². The Hall–Kier alpha value is -1.19. The van der Waals surface area contributed by atoms with Crippen LogP contribution >= 0.6 is 15.9 Å². The van der Waals surface area contributed by atoms with E-state index in [2.05, 4.69) is 15.9 Å². The summed E-state index contributed by atoms with van der Waals surface area (Å²) < 4.78 is 13.6. The van der Waals surface area contributed by atoms with Crippen LogP contribution in [0.5, 0.6) is 0 Å². The third-order valence-corrected chi connectivity index (χ3v) is 3.88. The Bertz CT molecular complexity index is 599. The molecule has 0 aromatic heterocycles. The van der Waals surface area contributed by atoms with E-state index in [1.54, 1.807) is 12.1 Å². The normalized spacial score (nSPS) is 12.5. The molecule has 2 rings (SSSR count). The highest BCUT2D eigenvalue weighted by molar-refractivity contribution is 9.10. The van der Waals surface area contributed by atoms with Gasteiger partial charge >= 0.3 is 0 Å². The first-order valence-electron chi connectivity index (χ1n) is 6.11. The van der Waals surface area contributed by atoms with Gasteiger partial charge in [0, 0.05) is 0 Å². The zero-order valence-electron chi connectivity index (χ0n) is 11.2. The molecular weight excluding hydrogens is 307 g/mol. The lowest BCUT2D eigenvalue weighted by Gasteiger charge is -2.18. The molecule has 0 aliphatic rings. The minimum Gasteiger partial charge on any atom is -0.384 e. The number of hydrogen-bond acceptors (Lipinski definition) is 1. The number of hydrogen-bond donors (Lipinski definition) is 1. The Balaban J connectivity index is 2.49. The summed E-state index contributed by atoms with van der Waals surface area (Å²) in [4.78, 5) is 0. The SMILES string of the molecule is Cc1cc(C)c(C(O)c2ccc(F)c(Br)c2)c(C)c1. The van der Waals surface area contributed by atoms with Crippen LogP contribution in [0.4, 0.5) is 4.39 Å². The summed E-state index contributed by atoms with van der Waals surface area (Å²) in [6.45, 7) is 6.00. The van der Waals surface area contributed by atoms with Crippen molar-refractivity contribution in [1.82, 2.24) is 0 Å². The topological polar surface area (TPSA) is 20.2 Å². The summed E-state index contributed by atoms with van der Waals surface area (Å²) in [7, 11) is 0. The third-order valence-electron chi connectivity index (χ3n) is 3.27. The summed E-state index contributed by atoms with van der Waals surface area (Å²) in [6.07, 6.45) is -0.738. The van der Waals surface area contributed by atoms with E-state index in [9.17, 15) is 9.50 Å². The second-order valence-electron chi connectivity index (χ2n) is 4.89. The van der Waals surface area contributed by atoms with Crippen LogP contribution in [-0.2, 0) is 0 Å². The molecule has 2 aromatic rings. The maximum atomic E-state index is 13.2. The van der Waals surface area contributed by atoms with Crippen LogP contribution in [0, 0.1) is 26.6 Å². The molecule has 0 saturated heterocycles. The van der Waals surface area contributed by atoms with Crippen LogP contribution < -0.4 is 0 Å². The standard InChI is InChI=1S/C16H16BrFO/c1-9-6-10(2)15(11(3)7-9)16(19)12-4-5-14(18)13(17)8-12/h4-8,16,19H,1-3H3. The second-order valence-corrected chi connectivity index (χ2v) is 5.74. The van der Waals surface area contributed by atoms with E-state index in [1.165, 1.54) is 11.6 Å². The van der Waals surface area contributed by atoms with E-state index < -0.39 is 6.10 Å². The van der Waals surface area contributed by atoms with Gasteiger partial charge in [0.2, 0.25) is 0 Å². The van der Waals surface area contributed by atoms with Gasteiger partial charge in [-0.1, -0.05) is 23.8 Å². The van der Waals surface area contributed by atoms with Crippen molar-refractivity contribution in [3.05, 3.63) is 68.4 Å². The predicted molar refractivity (Wildman–Crippen MR) is 78.8 cm³/mol. The van der Waals surface area contributed by atoms with Crippen molar-refractivity contribution >= 4 is 15.9 Å². The molecule has 3 heteroatoms. The van der Waals surface area contributed by atoms with Gasteiger partial charge in [0.25, 0.3) is 0 Å². The second kappa shape index (κ2) is 5.43. The van der Waals surface area contributed by atoms with Crippen LogP contribution in [0.3, 0.4) is 0 Å². The number of aliphatic hydroxyl groups excluding tert-OH is 1. The van der Waals surface area contributed by atoms with Gasteiger partial charge in [-0.25, -0.2) is 4.39 Å². The van der Waals surface area contributed by atoms with Crippen LogP contribution in [0.1, 0.15) is 33.9 Å². The number of rotatable bonds is 2. The third kappa shape index (κ3) is 2.88. The molecule has 1 atom stereocenters. The number of halogens is 2. The first-order valence-corrected chi connectivity index (χ1v) is 6.90.